The molecule has 0 aliphatic carbocycles. The number of rotatable bonds is 11. The number of hydrogen-bond donors (Lipinski definition) is 1. The number of aliphatic hydroxyl groups is 1. The second-order valence-corrected chi connectivity index (χ2v) is 12.4. The molecule has 10 nitrogen and oxygen atoms in total. The number of aliphatic hydroxyl groups excluding tert-OH is 1. The molecule has 0 bridgehead atoms. The molecule has 1 aliphatic rings. The van der Waals surface area contributed by atoms with E-state index in [0.717, 1.165) is 16.8 Å². The zero-order valence-electron chi connectivity index (χ0n) is 25.8. The van der Waals surface area contributed by atoms with Gasteiger partial charge in [0.25, 0.3) is 5.91 Å². The minimum absolute atomic E-state index is 0.00120. The number of methoxy groups -OCH3 is 1. The smallest absolute Gasteiger partial charge is 0.410 e. The van der Waals surface area contributed by atoms with Crippen molar-refractivity contribution in [3.05, 3.63) is 41.2 Å². The zero-order valence-corrected chi connectivity index (χ0v) is 25.8. The van der Waals surface area contributed by atoms with E-state index in [4.69, 9.17) is 9.47 Å². The SMILES string of the molecule is COCCCCc1c(C(=O)N(CC(C)C)[C@H]2C[C@@H](C(C)O)CN(C(=O)OC(C)(C)C)C2)nnn1-c1c(F)cccc1F. The molecule has 12 heteroatoms. The molecule has 1 aromatic carbocycles. The summed E-state index contributed by atoms with van der Waals surface area (Å²) in [5.41, 5.74) is -0.820. The number of halogens is 2. The number of piperidine rings is 1. The number of nitrogens with zero attached hydrogens (tertiary/aromatic N) is 5. The average Bonchev–Trinajstić information content (AvgIpc) is 3.31. The summed E-state index contributed by atoms with van der Waals surface area (Å²) in [7, 11) is 1.59. The summed E-state index contributed by atoms with van der Waals surface area (Å²) in [6, 6.07) is 3.06. The Balaban J connectivity index is 2.03. The van der Waals surface area contributed by atoms with Crippen molar-refractivity contribution in [1.82, 2.24) is 24.8 Å². The Bertz CT molecular complexity index is 1190. The molecule has 0 radical (unpaired) electrons. The van der Waals surface area contributed by atoms with Gasteiger partial charge in [0.15, 0.2) is 17.3 Å². The fraction of sp³-hybridized carbons (Fsp3) is 0.667. The first-order valence-corrected chi connectivity index (χ1v) is 14.6. The Morgan fingerprint density at radius 2 is 1.81 bits per heavy atom. The van der Waals surface area contributed by atoms with Crippen LogP contribution in [0.5, 0.6) is 0 Å². The summed E-state index contributed by atoms with van der Waals surface area (Å²) in [6.07, 6.45) is 0.723. The zero-order chi connectivity index (χ0) is 31.2. The number of amides is 2. The number of likely N-dealkylation sites (tertiary alicyclic amines) is 1. The fourth-order valence-electron chi connectivity index (χ4n) is 5.19. The maximum atomic E-state index is 14.8. The van der Waals surface area contributed by atoms with Crippen molar-refractivity contribution in [2.45, 2.75) is 85.0 Å². The summed E-state index contributed by atoms with van der Waals surface area (Å²) in [6.45, 7) is 12.3. The second-order valence-electron chi connectivity index (χ2n) is 12.4. The fourth-order valence-corrected chi connectivity index (χ4v) is 5.19. The molecule has 1 unspecified atom stereocenters. The summed E-state index contributed by atoms with van der Waals surface area (Å²) in [5, 5.41) is 18.7. The van der Waals surface area contributed by atoms with Gasteiger partial charge in [-0.05, 0) is 71.4 Å². The van der Waals surface area contributed by atoms with Crippen LogP contribution in [0.15, 0.2) is 18.2 Å². The van der Waals surface area contributed by atoms with E-state index in [2.05, 4.69) is 10.3 Å². The van der Waals surface area contributed by atoms with Crippen LogP contribution in [0.3, 0.4) is 0 Å². The maximum Gasteiger partial charge on any atom is 0.410 e. The van der Waals surface area contributed by atoms with Crippen LogP contribution in [0, 0.1) is 23.5 Å². The monoisotopic (exact) mass is 593 g/mol. The number of carbonyl (C=O) groups excluding carboxylic acids is 2. The van der Waals surface area contributed by atoms with Crippen LogP contribution in [0.2, 0.25) is 0 Å². The van der Waals surface area contributed by atoms with Gasteiger partial charge in [0.1, 0.15) is 11.3 Å². The number of ether oxygens (including phenoxy) is 2. The molecule has 234 valence electrons. The molecule has 1 saturated heterocycles. The predicted octanol–water partition coefficient (Wildman–Crippen LogP) is 4.62. The van der Waals surface area contributed by atoms with E-state index in [1.54, 1.807) is 39.7 Å². The first-order chi connectivity index (χ1) is 19.7. The van der Waals surface area contributed by atoms with Gasteiger partial charge in [-0.3, -0.25) is 4.79 Å². The minimum atomic E-state index is -0.823. The highest BCUT2D eigenvalue weighted by Gasteiger charge is 2.40. The molecule has 0 spiro atoms. The van der Waals surface area contributed by atoms with Crippen molar-refractivity contribution in [3.63, 3.8) is 0 Å². The van der Waals surface area contributed by atoms with Gasteiger partial charge in [-0.25, -0.2) is 18.3 Å². The summed E-state index contributed by atoms with van der Waals surface area (Å²) in [5.74, 6) is -2.34. The lowest BCUT2D eigenvalue weighted by Gasteiger charge is -2.44. The highest BCUT2D eigenvalue weighted by molar-refractivity contribution is 5.93. The third kappa shape index (κ3) is 8.47. The highest BCUT2D eigenvalue weighted by atomic mass is 19.1. The standard InChI is InChI=1S/C30H45F2N5O5/c1-19(2)16-36(22-15-21(20(3)38)17-35(18-22)29(40)42-30(4,5)6)28(39)26-25(13-8-9-14-41-7)37(34-33-26)27-23(31)11-10-12-24(27)32/h10-12,19-22,38H,8-9,13-18H2,1-7H3/t20?,21-,22+/m1/s1. The van der Waals surface area contributed by atoms with Crippen molar-refractivity contribution in [3.8, 4) is 5.69 Å². The number of hydrogen-bond acceptors (Lipinski definition) is 7. The molecule has 3 rings (SSSR count). The lowest BCUT2D eigenvalue weighted by molar-refractivity contribution is -0.0149. The third-order valence-electron chi connectivity index (χ3n) is 7.19. The number of carbonyl (C=O) groups is 2. The summed E-state index contributed by atoms with van der Waals surface area (Å²) < 4.78 is 41.5. The highest BCUT2D eigenvalue weighted by Crippen LogP contribution is 2.29. The molecule has 2 aromatic rings. The Labute approximate surface area is 247 Å². The summed E-state index contributed by atoms with van der Waals surface area (Å²) in [4.78, 5) is 30.6. The molecule has 0 saturated carbocycles. The lowest BCUT2D eigenvalue weighted by Crippen LogP contribution is -2.57. The van der Waals surface area contributed by atoms with Gasteiger partial charge in [0.05, 0.1) is 17.8 Å². The lowest BCUT2D eigenvalue weighted by atomic mass is 9.89. The van der Waals surface area contributed by atoms with Gasteiger partial charge in [0.2, 0.25) is 0 Å². The van der Waals surface area contributed by atoms with Gasteiger partial charge in [-0.2, -0.15) is 0 Å². The van der Waals surface area contributed by atoms with Crippen LogP contribution >= 0.6 is 0 Å². The molecule has 42 heavy (non-hydrogen) atoms. The first-order valence-electron chi connectivity index (χ1n) is 14.6. The van der Waals surface area contributed by atoms with E-state index in [1.165, 1.54) is 11.0 Å². The molecular weight excluding hydrogens is 548 g/mol. The number of unbranched alkanes of at least 4 members (excludes halogenated alkanes) is 1. The van der Waals surface area contributed by atoms with E-state index in [-0.39, 0.29) is 30.5 Å². The van der Waals surface area contributed by atoms with E-state index in [0.29, 0.717) is 44.7 Å². The van der Waals surface area contributed by atoms with Crippen molar-refractivity contribution >= 4 is 12.0 Å². The topological polar surface area (TPSA) is 110 Å². The third-order valence-corrected chi connectivity index (χ3v) is 7.19. The van der Waals surface area contributed by atoms with Crippen molar-refractivity contribution in [2.24, 2.45) is 11.8 Å². The Hall–Kier alpha value is -3.12. The first kappa shape index (κ1) is 33.4. The van der Waals surface area contributed by atoms with Crippen molar-refractivity contribution in [2.75, 3.05) is 33.4 Å². The van der Waals surface area contributed by atoms with E-state index >= 15 is 0 Å². The molecule has 3 atom stereocenters. The molecule has 1 fully saturated rings. The number of benzene rings is 1. The van der Waals surface area contributed by atoms with Gasteiger partial charge in [-0.15, -0.1) is 5.10 Å². The van der Waals surface area contributed by atoms with Crippen molar-refractivity contribution < 1.29 is 33.0 Å². The Morgan fingerprint density at radius 1 is 1.14 bits per heavy atom. The Kier molecular flexibility index (Phi) is 11.4. The van der Waals surface area contributed by atoms with Gasteiger partial charge in [-0.1, -0.05) is 25.1 Å². The van der Waals surface area contributed by atoms with Crippen LogP contribution in [0.1, 0.15) is 77.0 Å². The van der Waals surface area contributed by atoms with Gasteiger partial charge < -0.3 is 24.4 Å². The summed E-state index contributed by atoms with van der Waals surface area (Å²) >= 11 is 0. The van der Waals surface area contributed by atoms with Crippen LogP contribution < -0.4 is 0 Å². The minimum Gasteiger partial charge on any atom is -0.444 e. The quantitative estimate of drug-likeness (QED) is 0.379. The van der Waals surface area contributed by atoms with Crippen molar-refractivity contribution in [1.29, 1.82) is 0 Å². The van der Waals surface area contributed by atoms with E-state index < -0.39 is 47.1 Å². The van der Waals surface area contributed by atoms with Gasteiger partial charge in [0, 0.05) is 39.3 Å². The number of aromatic nitrogens is 3. The van der Waals surface area contributed by atoms with Crippen LogP contribution in [-0.4, -0.2) is 93.0 Å². The Morgan fingerprint density at radius 3 is 2.38 bits per heavy atom. The molecule has 1 aromatic heterocycles. The molecule has 1 aliphatic heterocycles. The average molecular weight is 594 g/mol. The molecular formula is C30H45F2N5O5. The molecule has 1 N–H and O–H groups in total. The van der Waals surface area contributed by atoms with Crippen LogP contribution in [0.25, 0.3) is 5.69 Å². The maximum absolute atomic E-state index is 14.8. The number of para-hydroxylation sites is 1. The largest absolute Gasteiger partial charge is 0.444 e. The van der Waals surface area contributed by atoms with E-state index in [1.807, 2.05) is 13.8 Å². The normalized spacial score (nSPS) is 18.3. The van der Waals surface area contributed by atoms with Gasteiger partial charge >= 0.3 is 6.09 Å². The molecule has 2 amide bonds. The van der Waals surface area contributed by atoms with Crippen LogP contribution in [-0.2, 0) is 15.9 Å². The molecule has 2 heterocycles. The predicted molar refractivity (Wildman–Crippen MR) is 153 cm³/mol. The van der Waals surface area contributed by atoms with E-state index in [9.17, 15) is 23.5 Å². The van der Waals surface area contributed by atoms with Crippen LogP contribution in [0.4, 0.5) is 13.6 Å². The second kappa shape index (κ2) is 14.4.